The molecule has 0 spiro atoms. The van der Waals surface area contributed by atoms with Crippen LogP contribution in [0, 0.1) is 44.6 Å². The molecule has 0 amide bonds. The zero-order chi connectivity index (χ0) is 27.9. The summed E-state index contributed by atoms with van der Waals surface area (Å²) in [6, 6.07) is 11.7. The summed E-state index contributed by atoms with van der Waals surface area (Å²) in [7, 11) is 0. The van der Waals surface area contributed by atoms with E-state index in [9.17, 15) is 0 Å². The molecule has 3 aromatic rings. The van der Waals surface area contributed by atoms with Crippen LogP contribution in [0.15, 0.2) is 48.6 Å². The van der Waals surface area contributed by atoms with Gasteiger partial charge in [0, 0.05) is 0 Å². The Morgan fingerprint density at radius 1 is 0.900 bits per heavy atom. The fraction of sp³-hybridized carbons (Fsp3) is 0.405. The Kier molecular flexibility index (Phi) is 12.3. The molecule has 4 unspecified atom stereocenters. The van der Waals surface area contributed by atoms with Crippen LogP contribution in [0.25, 0.3) is 21.9 Å². The maximum Gasteiger partial charge on any atom is -0.0264 e. The number of hydrogen-bond acceptors (Lipinski definition) is 0. The molecule has 3 aromatic carbocycles. The van der Waals surface area contributed by atoms with Crippen molar-refractivity contribution in [2.75, 3.05) is 0 Å². The second-order valence-corrected chi connectivity index (χ2v) is 14.3. The first-order valence-electron chi connectivity index (χ1n) is 14.3. The molecule has 0 N–H and O–H groups in total. The van der Waals surface area contributed by atoms with E-state index >= 15 is 0 Å². The second-order valence-electron chi connectivity index (χ2n) is 11.9. The Hall–Kier alpha value is -1.40. The SMILES string of the molecule is C[C](C)=[Zr+2].Cc1cc2c(c(C)c1C)C(C)c1c3c(c4ccccc4c1-2)C(C)C(C)C(C)[C-]3C.[C-]1=CC=CC1.[Cl-].[Cl-]. The number of benzene rings is 3. The summed E-state index contributed by atoms with van der Waals surface area (Å²) < 4.78 is 1.51. The minimum Gasteiger partial charge on any atom is -1.00 e. The van der Waals surface area contributed by atoms with Crippen LogP contribution in [0.5, 0.6) is 0 Å². The second kappa shape index (κ2) is 14.2. The topological polar surface area (TPSA) is 0 Å². The normalized spacial score (nSPS) is 21.1. The third-order valence-electron chi connectivity index (χ3n) is 9.33. The summed E-state index contributed by atoms with van der Waals surface area (Å²) in [5.41, 5.74) is 13.7. The van der Waals surface area contributed by atoms with Gasteiger partial charge in [-0.15, -0.1) is 17.5 Å². The summed E-state index contributed by atoms with van der Waals surface area (Å²) >= 11 is 1.55. The van der Waals surface area contributed by atoms with E-state index in [1.807, 2.05) is 12.2 Å². The number of aryl methyl sites for hydroxylation is 1. The molecule has 3 aliphatic carbocycles. The van der Waals surface area contributed by atoms with Crippen LogP contribution >= 0.6 is 0 Å². The van der Waals surface area contributed by atoms with Crippen molar-refractivity contribution in [1.82, 2.24) is 0 Å². The van der Waals surface area contributed by atoms with Gasteiger partial charge < -0.3 is 24.8 Å². The van der Waals surface area contributed by atoms with Crippen molar-refractivity contribution < 1.29 is 49.0 Å². The summed E-state index contributed by atoms with van der Waals surface area (Å²) in [4.78, 5) is 0. The van der Waals surface area contributed by atoms with E-state index < -0.39 is 0 Å². The molecule has 212 valence electrons. The molecule has 0 heterocycles. The monoisotopic (exact) mass is 648 g/mol. The first-order chi connectivity index (χ1) is 18.0. The predicted octanol–water partition coefficient (Wildman–Crippen LogP) is 4.29. The summed E-state index contributed by atoms with van der Waals surface area (Å²) in [6.07, 6.45) is 10.0. The zero-order valence-corrected chi connectivity index (χ0v) is 29.9. The molecule has 0 radical (unpaired) electrons. The van der Waals surface area contributed by atoms with Crippen LogP contribution in [-0.2, 0) is 24.2 Å². The van der Waals surface area contributed by atoms with Crippen molar-refractivity contribution in [2.45, 2.75) is 87.5 Å². The van der Waals surface area contributed by atoms with Crippen LogP contribution in [0.2, 0.25) is 0 Å². The van der Waals surface area contributed by atoms with Gasteiger partial charge >= 0.3 is 41.3 Å². The average molecular weight is 651 g/mol. The zero-order valence-electron chi connectivity index (χ0n) is 25.9. The van der Waals surface area contributed by atoms with Crippen LogP contribution in [0.4, 0.5) is 0 Å². The van der Waals surface area contributed by atoms with Crippen LogP contribution < -0.4 is 24.8 Å². The molecule has 0 aliphatic heterocycles. The molecule has 0 saturated carbocycles. The molecule has 0 bridgehead atoms. The van der Waals surface area contributed by atoms with Crippen molar-refractivity contribution >= 4 is 14.0 Å². The molecule has 6 rings (SSSR count). The number of halogens is 2. The molecule has 0 fully saturated rings. The van der Waals surface area contributed by atoms with Crippen LogP contribution in [-0.4, -0.2) is 3.21 Å². The molecule has 40 heavy (non-hydrogen) atoms. The first kappa shape index (κ1) is 34.8. The van der Waals surface area contributed by atoms with E-state index in [1.165, 1.54) is 41.8 Å². The summed E-state index contributed by atoms with van der Waals surface area (Å²) in [6.45, 7) is 23.3. The number of allylic oxidation sites excluding steroid dienone is 4. The summed E-state index contributed by atoms with van der Waals surface area (Å²) in [5.74, 6) is 3.94. The van der Waals surface area contributed by atoms with Gasteiger partial charge in [-0.1, -0.05) is 93.7 Å². The van der Waals surface area contributed by atoms with Gasteiger partial charge in [-0.25, -0.2) is 12.2 Å². The quantitative estimate of drug-likeness (QED) is 0.319. The van der Waals surface area contributed by atoms with Crippen molar-refractivity contribution in [3.8, 4) is 11.1 Å². The molecule has 0 aromatic heterocycles. The molecule has 3 heteroatoms. The minimum atomic E-state index is 0. The predicted molar refractivity (Wildman–Crippen MR) is 164 cm³/mol. The molecular formula is C37H44Cl2Zr-2. The molecule has 0 saturated heterocycles. The smallest absolute Gasteiger partial charge is 0.0264 e. The number of fused-ring (bicyclic) bond motifs is 8. The van der Waals surface area contributed by atoms with Gasteiger partial charge in [-0.2, -0.15) is 17.6 Å². The Morgan fingerprint density at radius 2 is 1.50 bits per heavy atom. The Labute approximate surface area is 271 Å². The van der Waals surface area contributed by atoms with Crippen molar-refractivity contribution in [2.24, 2.45) is 11.8 Å². The molecular weight excluding hydrogens is 607 g/mol. The van der Waals surface area contributed by atoms with E-state index in [4.69, 9.17) is 0 Å². The van der Waals surface area contributed by atoms with Crippen LogP contribution in [0.1, 0.15) is 106 Å². The van der Waals surface area contributed by atoms with Gasteiger partial charge in [-0.05, 0) is 59.9 Å². The van der Waals surface area contributed by atoms with E-state index in [1.54, 1.807) is 52.4 Å². The van der Waals surface area contributed by atoms with Gasteiger partial charge in [0.05, 0.1) is 0 Å². The van der Waals surface area contributed by atoms with Gasteiger partial charge in [0.25, 0.3) is 0 Å². The molecule has 4 atom stereocenters. The maximum absolute atomic E-state index is 2.99. The Bertz CT molecular complexity index is 1430. The first-order valence-corrected chi connectivity index (χ1v) is 15.5. The van der Waals surface area contributed by atoms with Gasteiger partial charge in [0.1, 0.15) is 0 Å². The molecule has 3 aliphatic rings. The third-order valence-corrected chi connectivity index (χ3v) is 9.33. The van der Waals surface area contributed by atoms with Crippen LogP contribution in [0.3, 0.4) is 0 Å². The number of hydrogen-bond donors (Lipinski definition) is 0. The fourth-order valence-corrected chi connectivity index (χ4v) is 6.78. The maximum atomic E-state index is 2.99. The standard InChI is InChI=1S/C29H33.C5H5.C3H6.2ClH.Zr/c1-14-13-24-25(18(5)15(14)2)21(8)28-27-20(7)17(4)16(3)19(6)26(27)22-11-9-10-12-23(22)29(24)28;1-2-4-5-3-1;1-3-2;;;/h9-13,16-17,19,21H,1-8H3;1-3H,4H2;1-2H3;2*1H;/q2*-1;;;;+2/p-2. The Morgan fingerprint density at radius 3 is 2.02 bits per heavy atom. The summed E-state index contributed by atoms with van der Waals surface area (Å²) in [5, 5.41) is 2.93. The minimum absolute atomic E-state index is 0. The molecule has 0 nitrogen and oxygen atoms in total. The van der Waals surface area contributed by atoms with E-state index in [0.717, 1.165) is 6.42 Å². The van der Waals surface area contributed by atoms with Crippen molar-refractivity contribution in [3.63, 3.8) is 0 Å². The third kappa shape index (κ3) is 6.19. The average Bonchev–Trinajstić information content (AvgIpc) is 3.55. The van der Waals surface area contributed by atoms with E-state index in [0.29, 0.717) is 23.7 Å². The Balaban J connectivity index is 0.000000441. The number of rotatable bonds is 0. The van der Waals surface area contributed by atoms with Gasteiger partial charge in [0.2, 0.25) is 0 Å². The van der Waals surface area contributed by atoms with Gasteiger partial charge in [-0.3, -0.25) is 6.08 Å². The van der Waals surface area contributed by atoms with Gasteiger partial charge in [0.15, 0.2) is 0 Å². The van der Waals surface area contributed by atoms with Crippen molar-refractivity contribution in [1.29, 1.82) is 0 Å². The van der Waals surface area contributed by atoms with E-state index in [2.05, 4.69) is 112 Å². The fourth-order valence-electron chi connectivity index (χ4n) is 6.78. The largest absolute Gasteiger partial charge is 1.00 e. The van der Waals surface area contributed by atoms with Crippen molar-refractivity contribution in [3.05, 3.63) is 99.5 Å². The van der Waals surface area contributed by atoms with E-state index in [-0.39, 0.29) is 24.8 Å².